The first-order valence-corrected chi connectivity index (χ1v) is 9.34. The van der Waals surface area contributed by atoms with E-state index in [1.165, 1.54) is 20.2 Å². The molecule has 0 aliphatic rings. The number of nitrogens with zero attached hydrogens (tertiary/aromatic N) is 1. The summed E-state index contributed by atoms with van der Waals surface area (Å²) >= 11 is 2.13. The van der Waals surface area contributed by atoms with Gasteiger partial charge in [-0.15, -0.1) is 0 Å². The van der Waals surface area contributed by atoms with Crippen LogP contribution < -0.4 is 5.32 Å². The van der Waals surface area contributed by atoms with Crippen molar-refractivity contribution >= 4 is 44.2 Å². The number of aryl methyl sites for hydroxylation is 1. The highest BCUT2D eigenvalue weighted by Crippen LogP contribution is 2.23. The lowest BCUT2D eigenvalue weighted by Crippen LogP contribution is -2.23. The average molecular weight is 444 g/mol. The Labute approximate surface area is 149 Å². The van der Waals surface area contributed by atoms with E-state index in [1.807, 2.05) is 6.07 Å². The second-order valence-corrected chi connectivity index (χ2v) is 8.60. The molecule has 2 rings (SSSR count). The number of sulfonamides is 1. The van der Waals surface area contributed by atoms with Crippen LogP contribution in [0.25, 0.3) is 0 Å². The molecule has 0 aromatic heterocycles. The average Bonchev–Trinajstić information content (AvgIpc) is 2.48. The van der Waals surface area contributed by atoms with Gasteiger partial charge in [-0.05, 0) is 65.4 Å². The Hall–Kier alpha value is -1.45. The Bertz CT molecular complexity index is 848. The summed E-state index contributed by atoms with van der Waals surface area (Å²) in [4.78, 5) is 12.5. The number of halogens is 1. The summed E-state index contributed by atoms with van der Waals surface area (Å²) in [5.74, 6) is -0.277. The third-order valence-electron chi connectivity index (χ3n) is 3.29. The summed E-state index contributed by atoms with van der Waals surface area (Å²) in [7, 11) is -0.600. The van der Waals surface area contributed by atoms with Crippen LogP contribution in [0.5, 0.6) is 0 Å². The summed E-state index contributed by atoms with van der Waals surface area (Å²) in [6.45, 7) is 1.72. The van der Waals surface area contributed by atoms with Gasteiger partial charge in [0, 0.05) is 28.9 Å². The van der Waals surface area contributed by atoms with Gasteiger partial charge >= 0.3 is 0 Å². The number of benzene rings is 2. The zero-order chi connectivity index (χ0) is 17.2. The van der Waals surface area contributed by atoms with Crippen molar-refractivity contribution in [1.82, 2.24) is 4.31 Å². The normalized spacial score (nSPS) is 11.5. The molecule has 1 amide bonds. The van der Waals surface area contributed by atoms with Gasteiger partial charge in [0.15, 0.2) is 0 Å². The molecule has 0 radical (unpaired) electrons. The van der Waals surface area contributed by atoms with Crippen molar-refractivity contribution < 1.29 is 13.2 Å². The number of carbonyl (C=O) groups is 1. The van der Waals surface area contributed by atoms with Gasteiger partial charge in [0.2, 0.25) is 10.0 Å². The molecule has 2 aromatic carbocycles. The largest absolute Gasteiger partial charge is 0.322 e. The van der Waals surface area contributed by atoms with E-state index in [1.54, 1.807) is 37.3 Å². The van der Waals surface area contributed by atoms with Crippen LogP contribution in [0.3, 0.4) is 0 Å². The molecule has 0 saturated heterocycles. The van der Waals surface area contributed by atoms with Gasteiger partial charge in [-0.1, -0.05) is 12.1 Å². The van der Waals surface area contributed by atoms with E-state index in [0.29, 0.717) is 16.8 Å². The SMILES string of the molecule is Cc1ccc(NC(=O)c2cccc(I)c2)cc1S(=O)(=O)N(C)C. The fourth-order valence-corrected chi connectivity index (χ4v) is 3.67. The molecular weight excluding hydrogens is 427 g/mol. The van der Waals surface area contributed by atoms with Crippen molar-refractivity contribution in [2.75, 3.05) is 19.4 Å². The molecule has 0 atom stereocenters. The molecule has 0 aliphatic heterocycles. The maximum Gasteiger partial charge on any atom is 0.255 e. The molecule has 0 saturated carbocycles. The molecule has 0 spiro atoms. The van der Waals surface area contributed by atoms with Crippen LogP contribution in [0.1, 0.15) is 15.9 Å². The summed E-state index contributed by atoms with van der Waals surface area (Å²) in [5.41, 5.74) is 1.60. The first kappa shape index (κ1) is 17.9. The lowest BCUT2D eigenvalue weighted by molar-refractivity contribution is 0.102. The van der Waals surface area contributed by atoms with Crippen LogP contribution in [0.15, 0.2) is 47.4 Å². The van der Waals surface area contributed by atoms with Gasteiger partial charge in [-0.2, -0.15) is 0 Å². The standard InChI is InChI=1S/C16H17IN2O3S/c1-11-7-8-14(10-15(11)23(21,22)19(2)3)18-16(20)12-5-4-6-13(17)9-12/h4-10H,1-3H3,(H,18,20). The first-order chi connectivity index (χ1) is 10.7. The lowest BCUT2D eigenvalue weighted by atomic mass is 10.2. The molecule has 7 heteroatoms. The van der Waals surface area contributed by atoms with Crippen LogP contribution in [-0.2, 0) is 10.0 Å². The Morgan fingerprint density at radius 2 is 1.83 bits per heavy atom. The minimum Gasteiger partial charge on any atom is -0.322 e. The predicted molar refractivity (Wildman–Crippen MR) is 99.2 cm³/mol. The third-order valence-corrected chi connectivity index (χ3v) is 5.92. The van der Waals surface area contributed by atoms with E-state index < -0.39 is 10.0 Å². The van der Waals surface area contributed by atoms with Crippen molar-refractivity contribution in [3.63, 3.8) is 0 Å². The number of hydrogen-bond acceptors (Lipinski definition) is 3. The molecule has 0 heterocycles. The molecule has 0 fully saturated rings. The summed E-state index contributed by atoms with van der Waals surface area (Å²) in [6.07, 6.45) is 0. The van der Waals surface area contributed by atoms with Gasteiger partial charge in [0.25, 0.3) is 5.91 Å². The second-order valence-electron chi connectivity index (χ2n) is 5.23. The molecule has 23 heavy (non-hydrogen) atoms. The van der Waals surface area contributed by atoms with Crippen LogP contribution in [0.4, 0.5) is 5.69 Å². The van der Waals surface area contributed by atoms with Crippen LogP contribution in [0, 0.1) is 10.5 Å². The van der Waals surface area contributed by atoms with E-state index in [0.717, 1.165) is 7.88 Å². The quantitative estimate of drug-likeness (QED) is 0.738. The van der Waals surface area contributed by atoms with E-state index in [2.05, 4.69) is 27.9 Å². The molecule has 0 bridgehead atoms. The Kier molecular flexibility index (Phi) is 5.43. The van der Waals surface area contributed by atoms with Crippen LogP contribution >= 0.6 is 22.6 Å². The van der Waals surface area contributed by atoms with E-state index in [4.69, 9.17) is 0 Å². The summed E-state index contributed by atoms with van der Waals surface area (Å²) < 4.78 is 26.7. The first-order valence-electron chi connectivity index (χ1n) is 6.82. The molecular formula is C16H17IN2O3S. The Balaban J connectivity index is 2.34. The van der Waals surface area contributed by atoms with Crippen molar-refractivity contribution in [3.05, 3.63) is 57.2 Å². The fourth-order valence-electron chi connectivity index (χ4n) is 1.99. The third kappa shape index (κ3) is 4.10. The lowest BCUT2D eigenvalue weighted by Gasteiger charge is -2.15. The van der Waals surface area contributed by atoms with Gasteiger partial charge in [-0.3, -0.25) is 4.79 Å². The monoisotopic (exact) mass is 444 g/mol. The van der Waals surface area contributed by atoms with Crippen LogP contribution in [0.2, 0.25) is 0 Å². The van der Waals surface area contributed by atoms with Crippen molar-refractivity contribution in [2.24, 2.45) is 0 Å². The van der Waals surface area contributed by atoms with Gasteiger partial charge in [0.05, 0.1) is 4.90 Å². The maximum atomic E-state index is 12.3. The number of carbonyl (C=O) groups excluding carboxylic acids is 1. The zero-order valence-electron chi connectivity index (χ0n) is 13.0. The highest BCUT2D eigenvalue weighted by atomic mass is 127. The second kappa shape index (κ2) is 6.98. The molecule has 2 aromatic rings. The Morgan fingerprint density at radius 3 is 2.43 bits per heavy atom. The highest BCUT2D eigenvalue weighted by molar-refractivity contribution is 14.1. The van der Waals surface area contributed by atoms with E-state index in [9.17, 15) is 13.2 Å². The van der Waals surface area contributed by atoms with Crippen molar-refractivity contribution in [2.45, 2.75) is 11.8 Å². The molecule has 0 aliphatic carbocycles. The molecule has 122 valence electrons. The number of nitrogens with one attached hydrogen (secondary N) is 1. The summed E-state index contributed by atoms with van der Waals surface area (Å²) in [5, 5.41) is 2.74. The fraction of sp³-hybridized carbons (Fsp3) is 0.188. The van der Waals surface area contributed by atoms with Crippen molar-refractivity contribution in [1.29, 1.82) is 0 Å². The van der Waals surface area contributed by atoms with E-state index >= 15 is 0 Å². The van der Waals surface area contributed by atoms with E-state index in [-0.39, 0.29) is 10.8 Å². The van der Waals surface area contributed by atoms with Crippen LogP contribution in [-0.4, -0.2) is 32.7 Å². The molecule has 0 unspecified atom stereocenters. The minimum absolute atomic E-state index is 0.183. The Morgan fingerprint density at radius 1 is 1.13 bits per heavy atom. The number of rotatable bonds is 4. The maximum absolute atomic E-state index is 12.3. The number of hydrogen-bond donors (Lipinski definition) is 1. The predicted octanol–water partition coefficient (Wildman–Crippen LogP) is 3.10. The molecule has 1 N–H and O–H groups in total. The van der Waals surface area contributed by atoms with Gasteiger partial charge in [0.1, 0.15) is 0 Å². The van der Waals surface area contributed by atoms with Crippen molar-refractivity contribution in [3.8, 4) is 0 Å². The number of anilines is 1. The van der Waals surface area contributed by atoms with Gasteiger partial charge < -0.3 is 5.32 Å². The smallest absolute Gasteiger partial charge is 0.255 e. The number of amides is 1. The van der Waals surface area contributed by atoms with Gasteiger partial charge in [-0.25, -0.2) is 12.7 Å². The molecule has 5 nitrogen and oxygen atoms in total. The highest BCUT2D eigenvalue weighted by Gasteiger charge is 2.20. The summed E-state index contributed by atoms with van der Waals surface area (Å²) in [6, 6.07) is 12.0. The topological polar surface area (TPSA) is 66.5 Å². The zero-order valence-corrected chi connectivity index (χ0v) is 16.0. The minimum atomic E-state index is -3.56.